The third-order valence-corrected chi connectivity index (χ3v) is 5.44. The third-order valence-electron chi connectivity index (χ3n) is 5.44. The van der Waals surface area contributed by atoms with Crippen LogP contribution in [0.15, 0.2) is 91.0 Å². The monoisotopic (exact) mass is 435 g/mol. The second-order valence-electron chi connectivity index (χ2n) is 7.53. The highest BCUT2D eigenvalue weighted by Gasteiger charge is 2.17. The van der Waals surface area contributed by atoms with Gasteiger partial charge in [0.1, 0.15) is 0 Å². The number of rotatable bonds is 6. The fraction of sp³-hybridized carbons (Fsp3) is 0. The van der Waals surface area contributed by atoms with Crippen LogP contribution in [0.25, 0.3) is 33.4 Å². The maximum absolute atomic E-state index is 12.1. The Hall–Kier alpha value is -4.71. The molecule has 0 radical (unpaired) electrons. The molecule has 0 saturated heterocycles. The summed E-state index contributed by atoms with van der Waals surface area (Å²) in [7, 11) is 0. The van der Waals surface area contributed by atoms with Crippen LogP contribution in [0.3, 0.4) is 0 Å². The largest absolute Gasteiger partial charge is 0.366 e. The van der Waals surface area contributed by atoms with Crippen molar-refractivity contribution in [3.63, 3.8) is 0 Å². The molecule has 6 heteroatoms. The molecule has 4 rings (SSSR count). The zero-order valence-electron chi connectivity index (χ0n) is 17.6. The number of benzene rings is 4. The van der Waals surface area contributed by atoms with Crippen molar-refractivity contribution >= 4 is 17.7 Å². The van der Waals surface area contributed by atoms with Gasteiger partial charge in [0.15, 0.2) is 0 Å². The molecular formula is C27H21N3O3. The van der Waals surface area contributed by atoms with Crippen LogP contribution in [-0.4, -0.2) is 17.7 Å². The lowest BCUT2D eigenvalue weighted by molar-refractivity contribution is 0.0992. The van der Waals surface area contributed by atoms with Gasteiger partial charge in [-0.3, -0.25) is 14.4 Å². The predicted molar refractivity (Wildman–Crippen MR) is 128 cm³/mol. The van der Waals surface area contributed by atoms with Gasteiger partial charge in [-0.1, -0.05) is 54.6 Å². The minimum absolute atomic E-state index is 0.354. The maximum atomic E-state index is 12.1. The topological polar surface area (TPSA) is 129 Å². The molecular weight excluding hydrogens is 414 g/mol. The summed E-state index contributed by atoms with van der Waals surface area (Å²) in [6.07, 6.45) is 0. The van der Waals surface area contributed by atoms with Crippen molar-refractivity contribution in [3.05, 3.63) is 108 Å². The Morgan fingerprint density at radius 2 is 0.667 bits per heavy atom. The highest BCUT2D eigenvalue weighted by atomic mass is 16.2. The molecule has 0 fully saturated rings. The Balaban J connectivity index is 2.06. The Labute approximate surface area is 190 Å². The van der Waals surface area contributed by atoms with Crippen molar-refractivity contribution in [3.8, 4) is 33.4 Å². The van der Waals surface area contributed by atoms with Gasteiger partial charge >= 0.3 is 0 Å². The van der Waals surface area contributed by atoms with Crippen molar-refractivity contribution < 1.29 is 14.4 Å². The summed E-state index contributed by atoms with van der Waals surface area (Å²) < 4.78 is 0. The standard InChI is InChI=1S/C27H21N3O3/c28-25(31)22-10-4-1-7-19(22)16-13-17(20-8-2-5-11-23(20)26(29)32)15-18(14-16)21-9-3-6-12-24(21)27(30)33/h1-15H,(H2,28,31)(H2,29,32)(H2,30,33). The molecule has 0 unspecified atom stereocenters. The molecule has 3 amide bonds. The minimum Gasteiger partial charge on any atom is -0.366 e. The summed E-state index contributed by atoms with van der Waals surface area (Å²) in [6.45, 7) is 0. The minimum atomic E-state index is -0.562. The molecule has 4 aromatic rings. The Morgan fingerprint density at radius 3 is 0.909 bits per heavy atom. The summed E-state index contributed by atoms with van der Waals surface area (Å²) >= 11 is 0. The number of carbonyl (C=O) groups excluding carboxylic acids is 3. The Kier molecular flexibility index (Phi) is 5.74. The van der Waals surface area contributed by atoms with Crippen LogP contribution in [0.2, 0.25) is 0 Å². The van der Waals surface area contributed by atoms with Crippen LogP contribution in [-0.2, 0) is 0 Å². The van der Waals surface area contributed by atoms with E-state index in [0.717, 1.165) is 0 Å². The van der Waals surface area contributed by atoms with Crippen molar-refractivity contribution in [2.45, 2.75) is 0 Å². The Morgan fingerprint density at radius 1 is 0.424 bits per heavy atom. The molecule has 6 nitrogen and oxygen atoms in total. The third kappa shape index (κ3) is 4.22. The summed E-state index contributed by atoms with van der Waals surface area (Å²) in [6, 6.07) is 26.6. The molecule has 33 heavy (non-hydrogen) atoms. The van der Waals surface area contributed by atoms with Gasteiger partial charge in [-0.25, -0.2) is 0 Å². The average Bonchev–Trinajstić information content (AvgIpc) is 2.83. The van der Waals surface area contributed by atoms with Gasteiger partial charge < -0.3 is 17.2 Å². The van der Waals surface area contributed by atoms with Gasteiger partial charge in [0.05, 0.1) is 0 Å². The second-order valence-corrected chi connectivity index (χ2v) is 7.53. The first-order chi connectivity index (χ1) is 15.9. The van der Waals surface area contributed by atoms with Crippen LogP contribution in [0.5, 0.6) is 0 Å². The van der Waals surface area contributed by atoms with Crippen LogP contribution in [0.4, 0.5) is 0 Å². The van der Waals surface area contributed by atoms with E-state index >= 15 is 0 Å². The molecule has 0 saturated carbocycles. The number of amides is 3. The molecule has 0 aliphatic heterocycles. The first-order valence-corrected chi connectivity index (χ1v) is 10.2. The van der Waals surface area contributed by atoms with E-state index < -0.39 is 17.7 Å². The summed E-state index contributed by atoms with van der Waals surface area (Å²) in [5, 5.41) is 0. The lowest BCUT2D eigenvalue weighted by Gasteiger charge is -2.15. The molecule has 0 spiro atoms. The van der Waals surface area contributed by atoms with Crippen LogP contribution in [0, 0.1) is 0 Å². The lowest BCUT2D eigenvalue weighted by atomic mass is 9.89. The Bertz CT molecular complexity index is 1230. The maximum Gasteiger partial charge on any atom is 0.249 e. The molecule has 6 N–H and O–H groups in total. The van der Waals surface area contributed by atoms with E-state index in [1.54, 1.807) is 54.6 Å². The zero-order valence-corrected chi connectivity index (χ0v) is 17.6. The fourth-order valence-corrected chi connectivity index (χ4v) is 3.94. The first kappa shape index (κ1) is 21.5. The number of hydrogen-bond acceptors (Lipinski definition) is 3. The predicted octanol–water partition coefficient (Wildman–Crippen LogP) is 3.98. The fourth-order valence-electron chi connectivity index (χ4n) is 3.94. The van der Waals surface area contributed by atoms with Gasteiger partial charge in [-0.15, -0.1) is 0 Å². The number of hydrogen-bond donors (Lipinski definition) is 3. The van der Waals surface area contributed by atoms with Crippen molar-refractivity contribution in [2.24, 2.45) is 17.2 Å². The van der Waals surface area contributed by atoms with Crippen molar-refractivity contribution in [1.82, 2.24) is 0 Å². The number of carbonyl (C=O) groups is 3. The van der Waals surface area contributed by atoms with Gasteiger partial charge in [0.25, 0.3) is 0 Å². The second kappa shape index (κ2) is 8.80. The number of nitrogens with two attached hydrogens (primary N) is 3. The SMILES string of the molecule is NC(=O)c1ccccc1-c1cc(-c2ccccc2C(N)=O)cc(-c2ccccc2C(N)=O)c1. The van der Waals surface area contributed by atoms with Crippen LogP contribution in [0.1, 0.15) is 31.1 Å². The van der Waals surface area contributed by atoms with E-state index in [1.165, 1.54) is 0 Å². The quantitative estimate of drug-likeness (QED) is 0.423. The molecule has 162 valence electrons. The summed E-state index contributed by atoms with van der Waals surface area (Å²) in [5.41, 5.74) is 21.9. The molecule has 4 aromatic carbocycles. The lowest BCUT2D eigenvalue weighted by Crippen LogP contribution is -2.13. The van der Waals surface area contributed by atoms with Crippen LogP contribution < -0.4 is 17.2 Å². The molecule has 0 aromatic heterocycles. The zero-order chi connectivity index (χ0) is 23.5. The molecule has 0 heterocycles. The normalized spacial score (nSPS) is 10.5. The molecule has 0 bridgehead atoms. The van der Waals surface area contributed by atoms with E-state index in [1.807, 2.05) is 36.4 Å². The van der Waals surface area contributed by atoms with E-state index in [4.69, 9.17) is 17.2 Å². The van der Waals surface area contributed by atoms with Crippen LogP contribution >= 0.6 is 0 Å². The molecule has 0 aliphatic carbocycles. The average molecular weight is 435 g/mol. The van der Waals surface area contributed by atoms with E-state index in [2.05, 4.69) is 0 Å². The summed E-state index contributed by atoms with van der Waals surface area (Å²) in [5.74, 6) is -1.69. The van der Waals surface area contributed by atoms with E-state index in [-0.39, 0.29) is 0 Å². The first-order valence-electron chi connectivity index (χ1n) is 10.2. The smallest absolute Gasteiger partial charge is 0.249 e. The van der Waals surface area contributed by atoms with Gasteiger partial charge in [-0.2, -0.15) is 0 Å². The van der Waals surface area contributed by atoms with Gasteiger partial charge in [0, 0.05) is 16.7 Å². The van der Waals surface area contributed by atoms with E-state index in [0.29, 0.717) is 50.1 Å². The van der Waals surface area contributed by atoms with E-state index in [9.17, 15) is 14.4 Å². The summed E-state index contributed by atoms with van der Waals surface area (Å²) in [4.78, 5) is 36.3. The highest BCUT2D eigenvalue weighted by Crippen LogP contribution is 2.36. The van der Waals surface area contributed by atoms with Crippen molar-refractivity contribution in [1.29, 1.82) is 0 Å². The van der Waals surface area contributed by atoms with Gasteiger partial charge in [-0.05, 0) is 69.8 Å². The van der Waals surface area contributed by atoms with Crippen molar-refractivity contribution in [2.75, 3.05) is 0 Å². The highest BCUT2D eigenvalue weighted by molar-refractivity contribution is 6.04. The molecule has 0 atom stereocenters. The van der Waals surface area contributed by atoms with Gasteiger partial charge in [0.2, 0.25) is 17.7 Å². The molecule has 0 aliphatic rings. The number of primary amides is 3.